The molecule has 0 unspecified atom stereocenters. The third-order valence-corrected chi connectivity index (χ3v) is 3.97. The molecule has 1 amide bonds. The zero-order valence-corrected chi connectivity index (χ0v) is 11.0. The molecule has 1 saturated carbocycles. The number of rotatable bonds is 4. The van der Waals surface area contributed by atoms with Gasteiger partial charge in [-0.2, -0.15) is 0 Å². The molecule has 1 aliphatic rings. The predicted molar refractivity (Wildman–Crippen MR) is 72.4 cm³/mol. The van der Waals surface area contributed by atoms with Gasteiger partial charge in [-0.1, -0.05) is 24.1 Å². The lowest BCUT2D eigenvalue weighted by atomic mass is 9.68. The highest BCUT2D eigenvalue weighted by Crippen LogP contribution is 2.41. The molecule has 1 fully saturated rings. The minimum atomic E-state index is -1.17. The maximum atomic E-state index is 12.2. The van der Waals surface area contributed by atoms with E-state index in [1.165, 1.54) is 12.1 Å². The van der Waals surface area contributed by atoms with E-state index in [1.54, 1.807) is 6.07 Å². The molecule has 0 atom stereocenters. The first kappa shape index (κ1) is 13.8. The van der Waals surface area contributed by atoms with Crippen molar-refractivity contribution in [1.82, 2.24) is 0 Å². The summed E-state index contributed by atoms with van der Waals surface area (Å²) in [4.78, 5) is 23.4. The molecule has 0 aromatic heterocycles. The number of carboxylic acid groups (broad SMARTS) is 1. The topological polar surface area (TPSA) is 92.4 Å². The molecule has 1 aliphatic carbocycles. The number of aromatic carboxylic acids is 1. The number of carbonyl (C=O) groups is 2. The van der Waals surface area contributed by atoms with E-state index in [0.717, 1.165) is 19.3 Å². The van der Waals surface area contributed by atoms with Crippen molar-refractivity contribution >= 4 is 29.2 Å². The van der Waals surface area contributed by atoms with E-state index in [9.17, 15) is 9.59 Å². The fourth-order valence-electron chi connectivity index (χ4n) is 2.23. The third kappa shape index (κ3) is 2.43. The summed E-state index contributed by atoms with van der Waals surface area (Å²) in [6.07, 6.45) is 2.43. The third-order valence-electron chi connectivity index (χ3n) is 3.66. The summed E-state index contributed by atoms with van der Waals surface area (Å²) >= 11 is 5.85. The Morgan fingerprint density at radius 2 is 2.11 bits per heavy atom. The average molecular weight is 283 g/mol. The number of halogens is 1. The lowest BCUT2D eigenvalue weighted by molar-refractivity contribution is -0.129. The molecular formula is C13H15ClN2O3. The molecule has 0 aliphatic heterocycles. The van der Waals surface area contributed by atoms with Crippen LogP contribution in [0.2, 0.25) is 5.02 Å². The van der Waals surface area contributed by atoms with Crippen LogP contribution in [-0.2, 0) is 4.79 Å². The largest absolute Gasteiger partial charge is 0.478 e. The summed E-state index contributed by atoms with van der Waals surface area (Å²) in [6.45, 7) is 0.266. The molecule has 4 N–H and O–H groups in total. The number of nitrogens with two attached hydrogens (primary N) is 1. The highest BCUT2D eigenvalue weighted by molar-refractivity contribution is 6.34. The van der Waals surface area contributed by atoms with Gasteiger partial charge in [0.05, 0.1) is 16.1 Å². The number of amides is 1. The number of carbonyl (C=O) groups excluding carboxylic acids is 1. The Morgan fingerprint density at radius 3 is 2.58 bits per heavy atom. The van der Waals surface area contributed by atoms with Crippen LogP contribution in [0.3, 0.4) is 0 Å². The van der Waals surface area contributed by atoms with Gasteiger partial charge < -0.3 is 16.2 Å². The van der Waals surface area contributed by atoms with Gasteiger partial charge in [-0.05, 0) is 25.0 Å². The number of anilines is 1. The molecule has 0 spiro atoms. The number of hydrogen-bond donors (Lipinski definition) is 3. The normalized spacial score (nSPS) is 16.5. The number of carboxylic acids is 1. The molecule has 0 heterocycles. The van der Waals surface area contributed by atoms with E-state index in [2.05, 4.69) is 5.32 Å². The molecule has 6 heteroatoms. The van der Waals surface area contributed by atoms with Crippen LogP contribution in [0.25, 0.3) is 0 Å². The highest BCUT2D eigenvalue weighted by atomic mass is 35.5. The monoisotopic (exact) mass is 282 g/mol. The summed E-state index contributed by atoms with van der Waals surface area (Å²) in [7, 11) is 0. The van der Waals surface area contributed by atoms with Crippen LogP contribution in [0.15, 0.2) is 18.2 Å². The van der Waals surface area contributed by atoms with E-state index in [1.807, 2.05) is 0 Å². The van der Waals surface area contributed by atoms with Gasteiger partial charge in [-0.3, -0.25) is 4.79 Å². The minimum Gasteiger partial charge on any atom is -0.478 e. The fraction of sp³-hybridized carbons (Fsp3) is 0.385. The molecular weight excluding hydrogens is 268 g/mol. The Kier molecular flexibility index (Phi) is 3.78. The standard InChI is InChI=1S/C13H15ClN2O3/c14-8-3-1-4-9(10(8)11(17)18)16-12(19)13(7-15)5-2-6-13/h1,3-4H,2,5-7,15H2,(H,16,19)(H,17,18). The Labute approximate surface area is 115 Å². The van der Waals surface area contributed by atoms with Gasteiger partial charge in [0.1, 0.15) is 5.56 Å². The molecule has 0 saturated heterocycles. The highest BCUT2D eigenvalue weighted by Gasteiger charge is 2.43. The first-order valence-corrected chi connectivity index (χ1v) is 6.41. The molecule has 5 nitrogen and oxygen atoms in total. The SMILES string of the molecule is NCC1(C(=O)Nc2cccc(Cl)c2C(=O)O)CCC1. The molecule has 0 radical (unpaired) electrons. The van der Waals surface area contributed by atoms with Gasteiger partial charge in [-0.15, -0.1) is 0 Å². The van der Waals surface area contributed by atoms with Crippen molar-refractivity contribution < 1.29 is 14.7 Å². The Bertz CT molecular complexity index is 521. The number of hydrogen-bond acceptors (Lipinski definition) is 3. The maximum absolute atomic E-state index is 12.2. The first-order chi connectivity index (χ1) is 9.00. The Balaban J connectivity index is 2.27. The zero-order valence-electron chi connectivity index (χ0n) is 10.3. The summed E-state index contributed by atoms with van der Waals surface area (Å²) in [5.41, 5.74) is 5.21. The van der Waals surface area contributed by atoms with Crippen molar-refractivity contribution in [3.05, 3.63) is 28.8 Å². The second-order valence-corrected chi connectivity index (χ2v) is 5.17. The van der Waals surface area contributed by atoms with E-state index in [-0.39, 0.29) is 28.7 Å². The van der Waals surface area contributed by atoms with Crippen LogP contribution < -0.4 is 11.1 Å². The Morgan fingerprint density at radius 1 is 1.42 bits per heavy atom. The van der Waals surface area contributed by atoms with Gasteiger partial charge in [0.2, 0.25) is 5.91 Å². The summed E-state index contributed by atoms with van der Waals surface area (Å²) in [6, 6.07) is 4.60. The van der Waals surface area contributed by atoms with Crippen molar-refractivity contribution in [2.45, 2.75) is 19.3 Å². The maximum Gasteiger partial charge on any atom is 0.339 e. The summed E-state index contributed by atoms with van der Waals surface area (Å²) in [5, 5.41) is 11.9. The van der Waals surface area contributed by atoms with E-state index >= 15 is 0 Å². The average Bonchev–Trinajstić information content (AvgIpc) is 2.27. The van der Waals surface area contributed by atoms with Gasteiger partial charge in [0, 0.05) is 6.54 Å². The van der Waals surface area contributed by atoms with Crippen molar-refractivity contribution in [3.63, 3.8) is 0 Å². The number of nitrogens with one attached hydrogen (secondary N) is 1. The van der Waals surface area contributed by atoms with Gasteiger partial charge >= 0.3 is 5.97 Å². The molecule has 19 heavy (non-hydrogen) atoms. The van der Waals surface area contributed by atoms with Gasteiger partial charge in [0.25, 0.3) is 0 Å². The van der Waals surface area contributed by atoms with Crippen LogP contribution in [0.5, 0.6) is 0 Å². The molecule has 0 bridgehead atoms. The quantitative estimate of drug-likeness (QED) is 0.788. The first-order valence-electron chi connectivity index (χ1n) is 6.03. The number of benzene rings is 1. The molecule has 1 aromatic carbocycles. The molecule has 2 rings (SSSR count). The van der Waals surface area contributed by atoms with Crippen LogP contribution in [0, 0.1) is 5.41 Å². The lowest BCUT2D eigenvalue weighted by Gasteiger charge is -2.39. The van der Waals surface area contributed by atoms with Crippen LogP contribution in [0.1, 0.15) is 29.6 Å². The second-order valence-electron chi connectivity index (χ2n) is 4.76. The van der Waals surface area contributed by atoms with E-state index < -0.39 is 11.4 Å². The van der Waals surface area contributed by atoms with Gasteiger partial charge in [0.15, 0.2) is 0 Å². The Hall–Kier alpha value is -1.59. The smallest absolute Gasteiger partial charge is 0.339 e. The van der Waals surface area contributed by atoms with Crippen molar-refractivity contribution in [3.8, 4) is 0 Å². The fourth-order valence-corrected chi connectivity index (χ4v) is 2.48. The predicted octanol–water partition coefficient (Wildman–Crippen LogP) is 2.11. The van der Waals surface area contributed by atoms with Crippen LogP contribution >= 0.6 is 11.6 Å². The second kappa shape index (κ2) is 5.19. The summed E-state index contributed by atoms with van der Waals surface area (Å²) < 4.78 is 0. The van der Waals surface area contributed by atoms with Crippen molar-refractivity contribution in [2.75, 3.05) is 11.9 Å². The zero-order chi connectivity index (χ0) is 14.0. The van der Waals surface area contributed by atoms with E-state index in [4.69, 9.17) is 22.4 Å². The van der Waals surface area contributed by atoms with Crippen LogP contribution in [0.4, 0.5) is 5.69 Å². The summed E-state index contributed by atoms with van der Waals surface area (Å²) in [5.74, 6) is -1.40. The molecule has 1 aromatic rings. The van der Waals surface area contributed by atoms with E-state index in [0.29, 0.717) is 0 Å². The minimum absolute atomic E-state index is 0.0935. The van der Waals surface area contributed by atoms with Crippen molar-refractivity contribution in [1.29, 1.82) is 0 Å². The van der Waals surface area contributed by atoms with Gasteiger partial charge in [-0.25, -0.2) is 4.79 Å². The molecule has 102 valence electrons. The van der Waals surface area contributed by atoms with Crippen molar-refractivity contribution in [2.24, 2.45) is 11.1 Å². The van der Waals surface area contributed by atoms with Crippen LogP contribution in [-0.4, -0.2) is 23.5 Å². The lowest BCUT2D eigenvalue weighted by Crippen LogP contribution is -2.47.